The molecule has 0 heterocycles. The van der Waals surface area contributed by atoms with Crippen LogP contribution >= 0.6 is 0 Å². The van der Waals surface area contributed by atoms with Gasteiger partial charge < -0.3 is 15.2 Å². The number of carboxylic acid groups (broad SMARTS) is 1. The lowest BCUT2D eigenvalue weighted by atomic mass is 10.2. The first-order valence-electron chi connectivity index (χ1n) is 7.38. The zero-order valence-electron chi connectivity index (χ0n) is 14.3. The summed E-state index contributed by atoms with van der Waals surface area (Å²) in [6.45, 7) is 4.52. The highest BCUT2D eigenvalue weighted by atomic mass is 16.6. The van der Waals surface area contributed by atoms with Crippen molar-refractivity contribution in [3.05, 3.63) is 35.9 Å². The van der Waals surface area contributed by atoms with Crippen LogP contribution in [0.4, 0.5) is 9.59 Å². The minimum absolute atomic E-state index is 0.249. The molecule has 0 aliphatic rings. The van der Waals surface area contributed by atoms with Crippen molar-refractivity contribution < 1.29 is 24.2 Å². The molecular formula is C16H23N3O5. The van der Waals surface area contributed by atoms with Crippen molar-refractivity contribution in [2.75, 3.05) is 13.6 Å². The van der Waals surface area contributed by atoms with Gasteiger partial charge in [-0.05, 0) is 26.3 Å². The summed E-state index contributed by atoms with van der Waals surface area (Å²) in [7, 11) is 1.30. The molecule has 1 rings (SSSR count). The SMILES string of the molecule is CN(C(=O)NCc1ccccc1)N(CC(=O)O)C(=O)OC(C)(C)C. The predicted molar refractivity (Wildman–Crippen MR) is 87.0 cm³/mol. The maximum atomic E-state index is 12.2. The number of carbonyl (C=O) groups excluding carboxylic acids is 2. The normalized spacial score (nSPS) is 10.7. The molecule has 0 bridgehead atoms. The number of carbonyl (C=O) groups is 3. The van der Waals surface area contributed by atoms with Crippen LogP contribution in [-0.4, -0.2) is 52.4 Å². The van der Waals surface area contributed by atoms with E-state index in [4.69, 9.17) is 9.84 Å². The van der Waals surface area contributed by atoms with E-state index in [1.165, 1.54) is 7.05 Å². The number of nitrogens with zero attached hydrogens (tertiary/aromatic N) is 2. The fraction of sp³-hybridized carbons (Fsp3) is 0.438. The number of hydrazine groups is 1. The zero-order valence-corrected chi connectivity index (χ0v) is 14.3. The molecule has 1 aromatic carbocycles. The van der Waals surface area contributed by atoms with Gasteiger partial charge in [0.1, 0.15) is 12.1 Å². The number of hydrogen-bond donors (Lipinski definition) is 2. The van der Waals surface area contributed by atoms with E-state index >= 15 is 0 Å². The number of ether oxygens (including phenoxy) is 1. The summed E-state index contributed by atoms with van der Waals surface area (Å²) in [5, 5.41) is 13.2. The Labute approximate surface area is 141 Å². The van der Waals surface area contributed by atoms with Crippen molar-refractivity contribution >= 4 is 18.1 Å². The Morgan fingerprint density at radius 3 is 2.25 bits per heavy atom. The largest absolute Gasteiger partial charge is 0.480 e. The monoisotopic (exact) mass is 337 g/mol. The number of amides is 3. The molecule has 0 fully saturated rings. The van der Waals surface area contributed by atoms with E-state index in [0.29, 0.717) is 0 Å². The van der Waals surface area contributed by atoms with E-state index in [0.717, 1.165) is 15.6 Å². The van der Waals surface area contributed by atoms with Crippen molar-refractivity contribution in [3.8, 4) is 0 Å². The van der Waals surface area contributed by atoms with Crippen LogP contribution in [0.1, 0.15) is 26.3 Å². The lowest BCUT2D eigenvalue weighted by Crippen LogP contribution is -2.54. The first-order chi connectivity index (χ1) is 11.1. The molecule has 0 aliphatic heterocycles. The number of aliphatic carboxylic acids is 1. The van der Waals surface area contributed by atoms with E-state index in [-0.39, 0.29) is 6.54 Å². The topological polar surface area (TPSA) is 99.2 Å². The summed E-state index contributed by atoms with van der Waals surface area (Å²) in [6, 6.07) is 8.58. The summed E-state index contributed by atoms with van der Waals surface area (Å²) in [5.41, 5.74) is 0.0659. The standard InChI is InChI=1S/C16H23N3O5/c1-16(2,3)24-15(23)19(11-13(20)21)18(4)14(22)17-10-12-8-6-5-7-9-12/h5-9H,10-11H2,1-4H3,(H,17,22)(H,20,21). The minimum atomic E-state index is -1.26. The van der Waals surface area contributed by atoms with E-state index < -0.39 is 30.2 Å². The molecule has 2 N–H and O–H groups in total. The van der Waals surface area contributed by atoms with Crippen LogP contribution in [0.2, 0.25) is 0 Å². The van der Waals surface area contributed by atoms with E-state index in [1.807, 2.05) is 30.3 Å². The third-order valence-corrected chi connectivity index (χ3v) is 2.83. The van der Waals surface area contributed by atoms with Gasteiger partial charge in [-0.25, -0.2) is 19.6 Å². The van der Waals surface area contributed by atoms with Gasteiger partial charge in [0.25, 0.3) is 0 Å². The molecule has 0 saturated carbocycles. The molecule has 0 unspecified atom stereocenters. The molecule has 0 saturated heterocycles. The minimum Gasteiger partial charge on any atom is -0.480 e. The number of benzene rings is 1. The van der Waals surface area contributed by atoms with Crippen LogP contribution in [-0.2, 0) is 16.1 Å². The second kappa shape index (κ2) is 8.19. The number of hydrogen-bond acceptors (Lipinski definition) is 4. The first kappa shape index (κ1) is 19.3. The fourth-order valence-corrected chi connectivity index (χ4v) is 1.73. The van der Waals surface area contributed by atoms with Crippen LogP contribution in [0.15, 0.2) is 30.3 Å². The van der Waals surface area contributed by atoms with Crippen molar-refractivity contribution in [1.29, 1.82) is 0 Å². The van der Waals surface area contributed by atoms with Gasteiger partial charge >= 0.3 is 18.1 Å². The molecule has 0 spiro atoms. The lowest BCUT2D eigenvalue weighted by molar-refractivity contribution is -0.141. The highest BCUT2D eigenvalue weighted by molar-refractivity contribution is 5.81. The third kappa shape index (κ3) is 6.55. The quantitative estimate of drug-likeness (QED) is 0.819. The summed E-state index contributed by atoms with van der Waals surface area (Å²) >= 11 is 0. The number of urea groups is 1. The Morgan fingerprint density at radius 2 is 1.75 bits per heavy atom. The van der Waals surface area contributed by atoms with E-state index in [1.54, 1.807) is 20.8 Å². The number of nitrogens with one attached hydrogen (secondary N) is 1. The summed E-state index contributed by atoms with van der Waals surface area (Å²) < 4.78 is 5.14. The highest BCUT2D eigenvalue weighted by Gasteiger charge is 2.29. The average molecular weight is 337 g/mol. The Bertz CT molecular complexity index is 583. The molecular weight excluding hydrogens is 314 g/mol. The molecule has 8 nitrogen and oxygen atoms in total. The smallest absolute Gasteiger partial charge is 0.429 e. The number of carboxylic acids is 1. The molecule has 0 aromatic heterocycles. The molecule has 8 heteroatoms. The highest BCUT2D eigenvalue weighted by Crippen LogP contribution is 2.11. The second-order valence-corrected chi connectivity index (χ2v) is 6.10. The Balaban J connectivity index is 2.75. The van der Waals surface area contributed by atoms with E-state index in [2.05, 4.69) is 5.32 Å². The summed E-state index contributed by atoms with van der Waals surface area (Å²) in [6.07, 6.45) is -0.915. The zero-order chi connectivity index (χ0) is 18.3. The van der Waals surface area contributed by atoms with Gasteiger partial charge in [0.2, 0.25) is 0 Å². The number of rotatable bonds is 4. The van der Waals surface area contributed by atoms with Gasteiger partial charge in [-0.2, -0.15) is 0 Å². The molecule has 0 aliphatic carbocycles. The maximum Gasteiger partial charge on any atom is 0.429 e. The first-order valence-corrected chi connectivity index (χ1v) is 7.38. The molecule has 24 heavy (non-hydrogen) atoms. The van der Waals surface area contributed by atoms with Gasteiger partial charge in [-0.15, -0.1) is 0 Å². The average Bonchev–Trinajstić information content (AvgIpc) is 2.48. The summed E-state index contributed by atoms with van der Waals surface area (Å²) in [5.74, 6) is -1.26. The maximum absolute atomic E-state index is 12.2. The third-order valence-electron chi connectivity index (χ3n) is 2.83. The van der Waals surface area contributed by atoms with Gasteiger partial charge in [-0.1, -0.05) is 30.3 Å². The van der Waals surface area contributed by atoms with Crippen molar-refractivity contribution in [1.82, 2.24) is 15.3 Å². The van der Waals surface area contributed by atoms with Crippen LogP contribution in [0.3, 0.4) is 0 Å². The fourth-order valence-electron chi connectivity index (χ4n) is 1.73. The van der Waals surface area contributed by atoms with Crippen molar-refractivity contribution in [2.24, 2.45) is 0 Å². The van der Waals surface area contributed by atoms with Crippen LogP contribution in [0, 0.1) is 0 Å². The molecule has 3 amide bonds. The predicted octanol–water partition coefficient (Wildman–Crippen LogP) is 2.06. The van der Waals surface area contributed by atoms with Gasteiger partial charge in [0, 0.05) is 13.6 Å². The van der Waals surface area contributed by atoms with Gasteiger partial charge in [0.05, 0.1) is 0 Å². The van der Waals surface area contributed by atoms with Crippen LogP contribution < -0.4 is 5.32 Å². The van der Waals surface area contributed by atoms with Gasteiger partial charge in [0.15, 0.2) is 0 Å². The molecule has 0 radical (unpaired) electrons. The Kier molecular flexibility index (Phi) is 6.58. The summed E-state index contributed by atoms with van der Waals surface area (Å²) in [4.78, 5) is 35.3. The Hall–Kier alpha value is -2.77. The van der Waals surface area contributed by atoms with E-state index in [9.17, 15) is 14.4 Å². The van der Waals surface area contributed by atoms with Crippen molar-refractivity contribution in [2.45, 2.75) is 32.9 Å². The second-order valence-electron chi connectivity index (χ2n) is 6.10. The molecule has 1 aromatic rings. The lowest BCUT2D eigenvalue weighted by Gasteiger charge is -2.32. The van der Waals surface area contributed by atoms with Crippen LogP contribution in [0.25, 0.3) is 0 Å². The van der Waals surface area contributed by atoms with Crippen molar-refractivity contribution in [3.63, 3.8) is 0 Å². The van der Waals surface area contributed by atoms with Crippen LogP contribution in [0.5, 0.6) is 0 Å². The molecule has 0 atom stereocenters. The Morgan fingerprint density at radius 1 is 1.17 bits per heavy atom. The van der Waals surface area contributed by atoms with Gasteiger partial charge in [-0.3, -0.25) is 4.79 Å². The molecule has 132 valence electrons.